The minimum Gasteiger partial charge on any atom is -0.339 e. The minimum atomic E-state index is -0.834. The van der Waals surface area contributed by atoms with E-state index < -0.39 is 11.6 Å². The summed E-state index contributed by atoms with van der Waals surface area (Å²) in [5, 5.41) is 0. The summed E-state index contributed by atoms with van der Waals surface area (Å²) in [4.78, 5) is 14.8. The van der Waals surface area contributed by atoms with Gasteiger partial charge in [0.2, 0.25) is 0 Å². The Balaban J connectivity index is 1.60. The van der Waals surface area contributed by atoms with Gasteiger partial charge in [-0.05, 0) is 48.7 Å². The molecule has 1 saturated heterocycles. The monoisotopic (exact) mass is 333 g/mol. The lowest BCUT2D eigenvalue weighted by Crippen LogP contribution is -2.27. The van der Waals surface area contributed by atoms with Gasteiger partial charge >= 0.3 is 0 Å². The summed E-state index contributed by atoms with van der Waals surface area (Å²) in [6.45, 7) is 1.68. The van der Waals surface area contributed by atoms with Crippen LogP contribution in [0.3, 0.4) is 0 Å². The van der Waals surface area contributed by atoms with Crippen molar-refractivity contribution >= 4 is 17.7 Å². The van der Waals surface area contributed by atoms with Crippen LogP contribution in [0, 0.1) is 11.6 Å². The molecule has 1 aliphatic heterocycles. The topological polar surface area (TPSA) is 20.3 Å². The van der Waals surface area contributed by atoms with Crippen molar-refractivity contribution in [2.75, 3.05) is 13.1 Å². The van der Waals surface area contributed by atoms with Crippen molar-refractivity contribution in [3.8, 4) is 0 Å². The molecule has 3 rings (SSSR count). The molecule has 0 saturated carbocycles. The number of likely N-dealkylation sites (tertiary alicyclic amines) is 1. The summed E-state index contributed by atoms with van der Waals surface area (Å²) in [6.07, 6.45) is 2.16. The Kier molecular flexibility index (Phi) is 4.96. The lowest BCUT2D eigenvalue weighted by atomic mass is 10.1. The van der Waals surface area contributed by atoms with E-state index in [1.807, 2.05) is 29.2 Å². The van der Waals surface area contributed by atoms with E-state index >= 15 is 0 Å². The van der Waals surface area contributed by atoms with Gasteiger partial charge in [0.05, 0.1) is 0 Å². The van der Waals surface area contributed by atoms with Gasteiger partial charge in [-0.15, -0.1) is 11.8 Å². The number of amides is 1. The zero-order chi connectivity index (χ0) is 16.2. The van der Waals surface area contributed by atoms with Gasteiger partial charge < -0.3 is 4.90 Å². The van der Waals surface area contributed by atoms with E-state index in [1.54, 1.807) is 6.07 Å². The molecule has 120 valence electrons. The third-order valence-electron chi connectivity index (χ3n) is 3.89. The first kappa shape index (κ1) is 16.0. The van der Waals surface area contributed by atoms with Gasteiger partial charge in [-0.25, -0.2) is 8.78 Å². The summed E-state index contributed by atoms with van der Waals surface area (Å²) < 4.78 is 26.1. The van der Waals surface area contributed by atoms with E-state index in [2.05, 4.69) is 0 Å². The largest absolute Gasteiger partial charge is 0.339 e. The van der Waals surface area contributed by atoms with E-state index in [9.17, 15) is 13.6 Å². The molecule has 1 amide bonds. The SMILES string of the molecule is O=C(c1ccc(CSc2ccc(F)c(F)c2)cc1)N1CCCC1. The molecular formula is C18H17F2NOS. The highest BCUT2D eigenvalue weighted by molar-refractivity contribution is 7.98. The molecule has 0 N–H and O–H groups in total. The van der Waals surface area contributed by atoms with Gasteiger partial charge in [-0.1, -0.05) is 12.1 Å². The van der Waals surface area contributed by atoms with Crippen LogP contribution in [-0.2, 0) is 5.75 Å². The molecule has 1 fully saturated rings. The third-order valence-corrected chi connectivity index (χ3v) is 4.96. The van der Waals surface area contributed by atoms with Crippen molar-refractivity contribution in [3.63, 3.8) is 0 Å². The average Bonchev–Trinajstić information content (AvgIpc) is 3.10. The summed E-state index contributed by atoms with van der Waals surface area (Å²) in [5.41, 5.74) is 1.74. The van der Waals surface area contributed by atoms with Crippen molar-refractivity contribution in [2.24, 2.45) is 0 Å². The Hall–Kier alpha value is -1.88. The molecular weight excluding hydrogens is 316 g/mol. The van der Waals surface area contributed by atoms with E-state index in [0.717, 1.165) is 37.6 Å². The number of carbonyl (C=O) groups excluding carboxylic acids is 1. The smallest absolute Gasteiger partial charge is 0.253 e. The molecule has 0 spiro atoms. The van der Waals surface area contributed by atoms with Gasteiger partial charge in [0, 0.05) is 29.3 Å². The van der Waals surface area contributed by atoms with Gasteiger partial charge in [-0.3, -0.25) is 4.79 Å². The number of thioether (sulfide) groups is 1. The standard InChI is InChI=1S/C18H17F2NOS/c19-16-8-7-15(11-17(16)20)23-12-13-3-5-14(6-4-13)18(22)21-9-1-2-10-21/h3-8,11H,1-2,9-10,12H2. The fourth-order valence-electron chi connectivity index (χ4n) is 2.58. The van der Waals surface area contributed by atoms with Crippen molar-refractivity contribution in [2.45, 2.75) is 23.5 Å². The zero-order valence-electron chi connectivity index (χ0n) is 12.6. The maximum Gasteiger partial charge on any atom is 0.253 e. The number of halogens is 2. The molecule has 2 nitrogen and oxygen atoms in total. The highest BCUT2D eigenvalue weighted by Gasteiger charge is 2.19. The highest BCUT2D eigenvalue weighted by Crippen LogP contribution is 2.24. The number of nitrogens with zero attached hydrogens (tertiary/aromatic N) is 1. The number of benzene rings is 2. The first-order chi connectivity index (χ1) is 11.1. The molecule has 0 aromatic heterocycles. The summed E-state index contributed by atoms with van der Waals surface area (Å²) in [6, 6.07) is 11.4. The Morgan fingerprint density at radius 1 is 1.00 bits per heavy atom. The van der Waals surface area contributed by atoms with Crippen molar-refractivity contribution in [3.05, 3.63) is 65.2 Å². The van der Waals surface area contributed by atoms with E-state index in [4.69, 9.17) is 0 Å². The van der Waals surface area contributed by atoms with E-state index in [0.29, 0.717) is 16.2 Å². The molecule has 1 heterocycles. The lowest BCUT2D eigenvalue weighted by Gasteiger charge is -2.15. The zero-order valence-corrected chi connectivity index (χ0v) is 13.4. The van der Waals surface area contributed by atoms with Crippen LogP contribution in [0.4, 0.5) is 8.78 Å². The van der Waals surface area contributed by atoms with Gasteiger partial charge in [-0.2, -0.15) is 0 Å². The number of hydrogen-bond donors (Lipinski definition) is 0. The van der Waals surface area contributed by atoms with Crippen LogP contribution >= 0.6 is 11.8 Å². The molecule has 2 aromatic carbocycles. The normalized spacial score (nSPS) is 14.3. The third kappa shape index (κ3) is 3.91. The fourth-order valence-corrected chi connectivity index (χ4v) is 3.46. The molecule has 0 bridgehead atoms. The number of hydrogen-bond acceptors (Lipinski definition) is 2. The molecule has 0 atom stereocenters. The average molecular weight is 333 g/mol. The maximum absolute atomic E-state index is 13.2. The van der Waals surface area contributed by atoms with Crippen LogP contribution in [0.5, 0.6) is 0 Å². The predicted molar refractivity (Wildman–Crippen MR) is 87.5 cm³/mol. The number of carbonyl (C=O) groups is 1. The second-order valence-electron chi connectivity index (χ2n) is 5.56. The predicted octanol–water partition coefficient (Wildman–Crippen LogP) is 4.49. The van der Waals surface area contributed by atoms with Crippen LogP contribution in [-0.4, -0.2) is 23.9 Å². The van der Waals surface area contributed by atoms with Crippen LogP contribution in [0.1, 0.15) is 28.8 Å². The van der Waals surface area contributed by atoms with Crippen LogP contribution in [0.2, 0.25) is 0 Å². The lowest BCUT2D eigenvalue weighted by molar-refractivity contribution is 0.0793. The van der Waals surface area contributed by atoms with Gasteiger partial charge in [0.1, 0.15) is 0 Å². The molecule has 2 aromatic rings. The van der Waals surface area contributed by atoms with E-state index in [1.165, 1.54) is 17.8 Å². The van der Waals surface area contributed by atoms with Crippen LogP contribution < -0.4 is 0 Å². The first-order valence-corrected chi connectivity index (χ1v) is 8.58. The Labute approximate surface area is 138 Å². The van der Waals surface area contributed by atoms with Crippen molar-refractivity contribution < 1.29 is 13.6 Å². The Morgan fingerprint density at radius 3 is 2.35 bits per heavy atom. The second-order valence-corrected chi connectivity index (χ2v) is 6.61. The summed E-state index contributed by atoms with van der Waals surface area (Å²) in [5.74, 6) is -0.938. The quantitative estimate of drug-likeness (QED) is 0.768. The van der Waals surface area contributed by atoms with Crippen molar-refractivity contribution in [1.29, 1.82) is 0 Å². The Bertz CT molecular complexity index is 697. The molecule has 1 aliphatic rings. The molecule has 0 radical (unpaired) electrons. The second kappa shape index (κ2) is 7.13. The minimum absolute atomic E-state index is 0.0855. The van der Waals surface area contributed by atoms with Crippen LogP contribution in [0.25, 0.3) is 0 Å². The summed E-state index contributed by atoms with van der Waals surface area (Å²) in [7, 11) is 0. The van der Waals surface area contributed by atoms with Crippen molar-refractivity contribution in [1.82, 2.24) is 4.90 Å². The first-order valence-electron chi connectivity index (χ1n) is 7.59. The molecule has 0 unspecified atom stereocenters. The molecule has 0 aliphatic carbocycles. The summed E-state index contributed by atoms with van der Waals surface area (Å²) >= 11 is 1.43. The van der Waals surface area contributed by atoms with Gasteiger partial charge in [0.25, 0.3) is 5.91 Å². The molecule has 5 heteroatoms. The molecule has 23 heavy (non-hydrogen) atoms. The van der Waals surface area contributed by atoms with Crippen LogP contribution in [0.15, 0.2) is 47.4 Å². The fraction of sp³-hybridized carbons (Fsp3) is 0.278. The Morgan fingerprint density at radius 2 is 1.70 bits per heavy atom. The van der Waals surface area contributed by atoms with Gasteiger partial charge in [0.15, 0.2) is 11.6 Å². The van der Waals surface area contributed by atoms with E-state index in [-0.39, 0.29) is 5.91 Å². The highest BCUT2D eigenvalue weighted by atomic mass is 32.2. The number of rotatable bonds is 4. The maximum atomic E-state index is 13.2.